The molecule has 1 aromatic heterocycles. The van der Waals surface area contributed by atoms with Crippen LogP contribution in [0.4, 0.5) is 14.5 Å². The van der Waals surface area contributed by atoms with Gasteiger partial charge in [0.15, 0.2) is 11.6 Å². The molecule has 0 saturated carbocycles. The molecular formula is C20H20F2N4O3. The van der Waals surface area contributed by atoms with Crippen LogP contribution in [0.25, 0.3) is 0 Å². The highest BCUT2D eigenvalue weighted by Crippen LogP contribution is 2.34. The predicted molar refractivity (Wildman–Crippen MR) is 101 cm³/mol. The van der Waals surface area contributed by atoms with E-state index in [4.69, 9.17) is 5.73 Å². The number of pyridine rings is 1. The highest BCUT2D eigenvalue weighted by atomic mass is 19.2. The van der Waals surface area contributed by atoms with Gasteiger partial charge in [-0.3, -0.25) is 19.4 Å². The smallest absolute Gasteiger partial charge is 0.313 e. The number of amides is 3. The molecule has 9 heteroatoms. The maximum atomic E-state index is 13.7. The van der Waals surface area contributed by atoms with Gasteiger partial charge >= 0.3 is 11.8 Å². The number of piperidine rings is 1. The second-order valence-corrected chi connectivity index (χ2v) is 7.11. The van der Waals surface area contributed by atoms with Crippen LogP contribution in [0, 0.1) is 17.6 Å². The third-order valence-corrected chi connectivity index (χ3v) is 4.88. The Labute approximate surface area is 165 Å². The van der Waals surface area contributed by atoms with Crippen LogP contribution < -0.4 is 11.1 Å². The summed E-state index contributed by atoms with van der Waals surface area (Å²) < 4.78 is 27.0. The van der Waals surface area contributed by atoms with Crippen LogP contribution in [0.3, 0.4) is 0 Å². The van der Waals surface area contributed by atoms with Crippen LogP contribution >= 0.6 is 0 Å². The summed E-state index contributed by atoms with van der Waals surface area (Å²) in [5, 5.41) is 2.41. The summed E-state index contributed by atoms with van der Waals surface area (Å²) in [7, 11) is 0. The van der Waals surface area contributed by atoms with Gasteiger partial charge in [0, 0.05) is 12.7 Å². The van der Waals surface area contributed by atoms with Crippen LogP contribution in [0.5, 0.6) is 0 Å². The van der Waals surface area contributed by atoms with E-state index in [1.807, 2.05) is 6.92 Å². The molecule has 3 N–H and O–H groups in total. The quantitative estimate of drug-likeness (QED) is 0.769. The second-order valence-electron chi connectivity index (χ2n) is 7.11. The molecule has 0 aliphatic carbocycles. The number of anilines is 1. The Hall–Kier alpha value is -3.36. The zero-order valence-electron chi connectivity index (χ0n) is 15.7. The third kappa shape index (κ3) is 4.56. The fourth-order valence-electron chi connectivity index (χ4n) is 3.40. The zero-order chi connectivity index (χ0) is 21.1. The van der Waals surface area contributed by atoms with Gasteiger partial charge in [0.05, 0.1) is 23.5 Å². The first-order valence-corrected chi connectivity index (χ1v) is 9.08. The Kier molecular flexibility index (Phi) is 5.86. The van der Waals surface area contributed by atoms with E-state index in [2.05, 4.69) is 10.3 Å². The summed E-state index contributed by atoms with van der Waals surface area (Å²) in [5.41, 5.74) is 5.84. The molecular weight excluding hydrogens is 382 g/mol. The Morgan fingerprint density at radius 1 is 1.14 bits per heavy atom. The normalized spacial score (nSPS) is 18.9. The van der Waals surface area contributed by atoms with Gasteiger partial charge in [0.2, 0.25) is 5.91 Å². The summed E-state index contributed by atoms with van der Waals surface area (Å²) in [6.07, 6.45) is 3.82. The molecule has 1 fully saturated rings. The highest BCUT2D eigenvalue weighted by Gasteiger charge is 2.34. The first kappa shape index (κ1) is 20.4. The number of carbonyl (C=O) groups is 3. The SMILES string of the molecule is C[C@@H]1CC[C@@H](c2ccc(F)c(F)c2)N(C(=O)C(=O)Nc2cncc(C(N)=O)c2)C1. The van der Waals surface area contributed by atoms with Gasteiger partial charge in [-0.1, -0.05) is 13.0 Å². The zero-order valence-corrected chi connectivity index (χ0v) is 15.7. The van der Waals surface area contributed by atoms with Crippen LogP contribution in [0.2, 0.25) is 0 Å². The van der Waals surface area contributed by atoms with Crippen LogP contribution in [-0.4, -0.2) is 34.2 Å². The number of hydrogen-bond donors (Lipinski definition) is 2. The van der Waals surface area contributed by atoms with Gasteiger partial charge in [0.25, 0.3) is 0 Å². The molecule has 0 bridgehead atoms. The Morgan fingerprint density at radius 3 is 2.59 bits per heavy atom. The number of benzene rings is 1. The lowest BCUT2D eigenvalue weighted by atomic mass is 9.89. The molecule has 1 aliphatic heterocycles. The van der Waals surface area contributed by atoms with Crippen molar-refractivity contribution < 1.29 is 23.2 Å². The molecule has 2 heterocycles. The molecule has 0 unspecified atom stereocenters. The highest BCUT2D eigenvalue weighted by molar-refractivity contribution is 6.39. The number of likely N-dealkylation sites (tertiary alicyclic amines) is 1. The van der Waals surface area contributed by atoms with Gasteiger partial charge in [0.1, 0.15) is 0 Å². The van der Waals surface area contributed by atoms with Crippen molar-refractivity contribution in [3.05, 3.63) is 59.4 Å². The van der Waals surface area contributed by atoms with Gasteiger partial charge in [-0.2, -0.15) is 0 Å². The molecule has 1 aliphatic rings. The van der Waals surface area contributed by atoms with Crippen molar-refractivity contribution in [3.63, 3.8) is 0 Å². The first-order chi connectivity index (χ1) is 13.8. The Bertz CT molecular complexity index is 966. The van der Waals surface area contributed by atoms with Gasteiger partial charge in [-0.15, -0.1) is 0 Å². The van der Waals surface area contributed by atoms with Crippen molar-refractivity contribution >= 4 is 23.4 Å². The van der Waals surface area contributed by atoms with E-state index in [0.29, 0.717) is 18.5 Å². The number of aromatic nitrogens is 1. The lowest BCUT2D eigenvalue weighted by Crippen LogP contribution is -2.46. The average molecular weight is 402 g/mol. The summed E-state index contributed by atoms with van der Waals surface area (Å²) in [6, 6.07) is 4.24. The van der Waals surface area contributed by atoms with E-state index in [9.17, 15) is 23.2 Å². The van der Waals surface area contributed by atoms with Crippen molar-refractivity contribution in [1.82, 2.24) is 9.88 Å². The fourth-order valence-corrected chi connectivity index (χ4v) is 3.40. The fraction of sp³-hybridized carbons (Fsp3) is 0.300. The van der Waals surface area contributed by atoms with Crippen molar-refractivity contribution in [2.75, 3.05) is 11.9 Å². The maximum Gasteiger partial charge on any atom is 0.313 e. The van der Waals surface area contributed by atoms with Gasteiger partial charge < -0.3 is 16.0 Å². The average Bonchev–Trinajstić information content (AvgIpc) is 2.69. The van der Waals surface area contributed by atoms with E-state index in [1.54, 1.807) is 0 Å². The monoisotopic (exact) mass is 402 g/mol. The molecule has 1 aromatic carbocycles. The molecule has 29 heavy (non-hydrogen) atoms. The van der Waals surface area contributed by atoms with Crippen LogP contribution in [0.1, 0.15) is 41.7 Å². The minimum atomic E-state index is -1.01. The topological polar surface area (TPSA) is 105 Å². The number of nitrogens with zero attached hydrogens (tertiary/aromatic N) is 2. The van der Waals surface area contributed by atoms with Crippen LogP contribution in [0.15, 0.2) is 36.7 Å². The minimum absolute atomic E-state index is 0.0847. The predicted octanol–water partition coefficient (Wildman–Crippen LogP) is 2.40. The lowest BCUT2D eigenvalue weighted by molar-refractivity contribution is -0.146. The number of hydrogen-bond acceptors (Lipinski definition) is 4. The number of nitrogens with one attached hydrogen (secondary N) is 1. The lowest BCUT2D eigenvalue weighted by Gasteiger charge is -2.38. The number of nitrogens with two attached hydrogens (primary N) is 1. The van der Waals surface area contributed by atoms with Crippen molar-refractivity contribution in [3.8, 4) is 0 Å². The van der Waals surface area contributed by atoms with E-state index >= 15 is 0 Å². The maximum absolute atomic E-state index is 13.7. The molecule has 0 spiro atoms. The van der Waals surface area contributed by atoms with Crippen molar-refractivity contribution in [1.29, 1.82) is 0 Å². The molecule has 1 saturated heterocycles. The number of carbonyl (C=O) groups excluding carboxylic acids is 3. The molecule has 0 radical (unpaired) electrons. The largest absolute Gasteiger partial charge is 0.366 e. The molecule has 2 aromatic rings. The van der Waals surface area contributed by atoms with E-state index in [-0.39, 0.29) is 17.2 Å². The summed E-state index contributed by atoms with van der Waals surface area (Å²) in [6.45, 7) is 2.25. The Balaban J connectivity index is 1.81. The summed E-state index contributed by atoms with van der Waals surface area (Å²) >= 11 is 0. The minimum Gasteiger partial charge on any atom is -0.366 e. The number of primary amides is 1. The molecule has 3 rings (SSSR count). The number of rotatable bonds is 3. The van der Waals surface area contributed by atoms with E-state index in [1.165, 1.54) is 29.4 Å². The molecule has 152 valence electrons. The standard InChI is InChI=1S/C20H20F2N4O3/c1-11-2-5-17(12-3-4-15(21)16(22)7-12)26(10-11)20(29)19(28)25-14-6-13(18(23)27)8-24-9-14/h3-4,6-9,11,17H,2,5,10H2,1H3,(H2,23,27)(H,25,28)/t11-,17+/m1/s1. The molecule has 7 nitrogen and oxygen atoms in total. The van der Waals surface area contributed by atoms with E-state index < -0.39 is 35.4 Å². The van der Waals surface area contributed by atoms with Crippen molar-refractivity contribution in [2.45, 2.75) is 25.8 Å². The Morgan fingerprint density at radius 2 is 1.90 bits per heavy atom. The summed E-state index contributed by atoms with van der Waals surface area (Å²) in [4.78, 5) is 41.8. The van der Waals surface area contributed by atoms with E-state index in [0.717, 1.165) is 18.6 Å². The third-order valence-electron chi connectivity index (χ3n) is 4.88. The second kappa shape index (κ2) is 8.34. The van der Waals surface area contributed by atoms with Crippen LogP contribution in [-0.2, 0) is 9.59 Å². The first-order valence-electron chi connectivity index (χ1n) is 9.08. The van der Waals surface area contributed by atoms with Gasteiger partial charge in [-0.05, 0) is 42.5 Å². The van der Waals surface area contributed by atoms with Crippen molar-refractivity contribution in [2.24, 2.45) is 11.7 Å². The molecule has 2 atom stereocenters. The molecule has 3 amide bonds. The summed E-state index contributed by atoms with van der Waals surface area (Å²) in [5.74, 6) is -4.29. The number of halogens is 2. The van der Waals surface area contributed by atoms with Gasteiger partial charge in [-0.25, -0.2) is 8.78 Å².